The summed E-state index contributed by atoms with van der Waals surface area (Å²) in [5.41, 5.74) is 0. The largest absolute Gasteiger partial charge is 0.462 e. The van der Waals surface area contributed by atoms with E-state index in [2.05, 4.69) is 13.8 Å². The summed E-state index contributed by atoms with van der Waals surface area (Å²) < 4.78 is 22.2. The van der Waals surface area contributed by atoms with Gasteiger partial charge >= 0.3 is 11.9 Å². The number of rotatable bonds is 43. The highest BCUT2D eigenvalue weighted by atomic mass is 16.7. The molecule has 1 heterocycles. The summed E-state index contributed by atoms with van der Waals surface area (Å²) in [6.07, 6.45) is 35.5. The minimum absolute atomic E-state index is 0.209. The van der Waals surface area contributed by atoms with Crippen molar-refractivity contribution in [1.82, 2.24) is 0 Å². The molecule has 0 radical (unpaired) electrons. The van der Waals surface area contributed by atoms with Crippen LogP contribution in [0.2, 0.25) is 0 Å². The van der Waals surface area contributed by atoms with Crippen molar-refractivity contribution < 1.29 is 49.0 Å². The van der Waals surface area contributed by atoms with Crippen LogP contribution in [-0.4, -0.2) is 89.0 Å². The number of aliphatic hydroxyl groups is 4. The predicted molar refractivity (Wildman–Crippen MR) is 238 cm³/mol. The molecule has 0 aliphatic carbocycles. The zero-order chi connectivity index (χ0) is 43.0. The van der Waals surface area contributed by atoms with E-state index in [0.717, 1.165) is 32.1 Å². The Morgan fingerprint density at radius 1 is 0.458 bits per heavy atom. The van der Waals surface area contributed by atoms with E-state index in [9.17, 15) is 30.0 Å². The molecule has 350 valence electrons. The summed E-state index contributed by atoms with van der Waals surface area (Å²) in [5.74, 6) is -0.790. The Morgan fingerprint density at radius 2 is 0.797 bits per heavy atom. The summed E-state index contributed by atoms with van der Waals surface area (Å²) in [7, 11) is 0. The van der Waals surface area contributed by atoms with Crippen LogP contribution in [0.4, 0.5) is 0 Å². The number of unbranched alkanes of at least 4 members (excludes halogenated alkanes) is 32. The Bertz CT molecular complexity index is 932. The van der Waals surface area contributed by atoms with Gasteiger partial charge in [0.2, 0.25) is 0 Å². The third-order valence-electron chi connectivity index (χ3n) is 12.0. The minimum atomic E-state index is -1.59. The summed E-state index contributed by atoms with van der Waals surface area (Å²) in [6.45, 7) is 3.46. The third-order valence-corrected chi connectivity index (χ3v) is 12.0. The van der Waals surface area contributed by atoms with Crippen LogP contribution in [0.15, 0.2) is 0 Å². The molecular formula is C49H94O10. The number of aliphatic hydroxyl groups excluding tert-OH is 4. The van der Waals surface area contributed by atoms with Gasteiger partial charge in [-0.2, -0.15) is 0 Å². The molecule has 0 saturated carbocycles. The molecule has 0 spiro atoms. The lowest BCUT2D eigenvalue weighted by atomic mass is 9.99. The standard InChI is InChI=1S/C49H94O10/c1-3-5-7-9-11-13-15-16-17-18-19-20-21-22-23-24-25-26-28-30-32-34-36-38-45(52)58-42(41-57-49-48(55)47(54)46(53)43(39-50)59-49)40-56-44(51)37-35-33-31-29-27-14-12-10-8-6-4-2/h42-43,46-50,53-55H,3-41H2,1-2H3/t42-,43-,46+,47?,48?,49-/m1/s1. The maximum atomic E-state index is 12.8. The van der Waals surface area contributed by atoms with Crippen LogP contribution in [-0.2, 0) is 28.5 Å². The normalized spacial score (nSPS) is 19.9. The van der Waals surface area contributed by atoms with Crippen LogP contribution in [0.3, 0.4) is 0 Å². The Kier molecular flexibility index (Phi) is 38.5. The van der Waals surface area contributed by atoms with Gasteiger partial charge in [0.25, 0.3) is 0 Å². The highest BCUT2D eigenvalue weighted by Crippen LogP contribution is 2.23. The first kappa shape index (κ1) is 55.7. The van der Waals surface area contributed by atoms with Gasteiger partial charge in [-0.1, -0.05) is 219 Å². The van der Waals surface area contributed by atoms with Gasteiger partial charge in [-0.3, -0.25) is 9.59 Å². The molecule has 0 aromatic heterocycles. The van der Waals surface area contributed by atoms with Gasteiger partial charge in [-0.15, -0.1) is 0 Å². The molecule has 1 rings (SSSR count). The second-order valence-corrected chi connectivity index (χ2v) is 17.6. The molecule has 0 amide bonds. The molecule has 59 heavy (non-hydrogen) atoms. The molecule has 0 bridgehead atoms. The van der Waals surface area contributed by atoms with E-state index in [-0.39, 0.29) is 32.0 Å². The minimum Gasteiger partial charge on any atom is -0.462 e. The number of carbonyl (C=O) groups is 2. The number of carbonyl (C=O) groups excluding carboxylic acids is 2. The Labute approximate surface area is 361 Å². The van der Waals surface area contributed by atoms with Crippen molar-refractivity contribution in [1.29, 1.82) is 0 Å². The fraction of sp³-hybridized carbons (Fsp3) is 0.959. The van der Waals surface area contributed by atoms with E-state index in [1.54, 1.807) is 0 Å². The van der Waals surface area contributed by atoms with Crippen LogP contribution in [0.25, 0.3) is 0 Å². The number of ether oxygens (including phenoxy) is 4. The highest BCUT2D eigenvalue weighted by Gasteiger charge is 2.44. The smallest absolute Gasteiger partial charge is 0.306 e. The molecule has 10 heteroatoms. The highest BCUT2D eigenvalue weighted by molar-refractivity contribution is 5.70. The summed E-state index contributed by atoms with van der Waals surface area (Å²) in [4.78, 5) is 25.3. The molecule has 1 aliphatic rings. The summed E-state index contributed by atoms with van der Waals surface area (Å²) in [5, 5.41) is 40.1. The lowest BCUT2D eigenvalue weighted by Gasteiger charge is -2.39. The quantitative estimate of drug-likeness (QED) is 0.0345. The molecule has 0 aromatic rings. The molecule has 1 aliphatic heterocycles. The fourth-order valence-corrected chi connectivity index (χ4v) is 8.01. The zero-order valence-corrected chi connectivity index (χ0v) is 38.3. The van der Waals surface area contributed by atoms with Crippen molar-refractivity contribution in [3.8, 4) is 0 Å². The zero-order valence-electron chi connectivity index (χ0n) is 38.3. The molecule has 1 fully saturated rings. The average Bonchev–Trinajstić information content (AvgIpc) is 3.23. The molecule has 10 nitrogen and oxygen atoms in total. The van der Waals surface area contributed by atoms with Crippen molar-refractivity contribution in [3.63, 3.8) is 0 Å². The van der Waals surface area contributed by atoms with Gasteiger partial charge in [-0.05, 0) is 12.8 Å². The van der Waals surface area contributed by atoms with Crippen molar-refractivity contribution in [2.45, 2.75) is 282 Å². The van der Waals surface area contributed by atoms with Crippen molar-refractivity contribution in [2.75, 3.05) is 19.8 Å². The second-order valence-electron chi connectivity index (χ2n) is 17.6. The predicted octanol–water partition coefficient (Wildman–Crippen LogP) is 11.3. The molecular weight excluding hydrogens is 749 g/mol. The summed E-state index contributed by atoms with van der Waals surface area (Å²) in [6, 6.07) is 0. The van der Waals surface area contributed by atoms with E-state index in [4.69, 9.17) is 18.9 Å². The third kappa shape index (κ3) is 32.1. The topological polar surface area (TPSA) is 152 Å². The van der Waals surface area contributed by atoms with Crippen molar-refractivity contribution >= 4 is 11.9 Å². The first-order chi connectivity index (χ1) is 28.8. The fourth-order valence-electron chi connectivity index (χ4n) is 8.01. The number of hydrogen-bond acceptors (Lipinski definition) is 10. The Hall–Kier alpha value is -1.30. The number of esters is 2. The SMILES string of the molecule is CCCCCCCCCCCCCCCCCCCCCCCCCC(=O)O[C@H](COC(=O)CCCCCCCCCCCCC)CO[C@@H]1O[C@H](CO)[C@H](O)C(O)C1O. The summed E-state index contributed by atoms with van der Waals surface area (Å²) >= 11 is 0. The molecule has 1 saturated heterocycles. The van der Waals surface area contributed by atoms with Gasteiger partial charge in [0.15, 0.2) is 12.4 Å². The van der Waals surface area contributed by atoms with Crippen LogP contribution >= 0.6 is 0 Å². The average molecular weight is 843 g/mol. The molecule has 4 N–H and O–H groups in total. The maximum absolute atomic E-state index is 12.8. The molecule has 2 unspecified atom stereocenters. The van der Waals surface area contributed by atoms with Crippen LogP contribution in [0.5, 0.6) is 0 Å². The van der Waals surface area contributed by atoms with Crippen LogP contribution in [0, 0.1) is 0 Å². The molecule has 0 aromatic carbocycles. The first-order valence-electron chi connectivity index (χ1n) is 25.1. The van der Waals surface area contributed by atoms with Crippen LogP contribution in [0.1, 0.15) is 245 Å². The number of hydrogen-bond donors (Lipinski definition) is 4. The van der Waals surface area contributed by atoms with E-state index >= 15 is 0 Å². The van der Waals surface area contributed by atoms with E-state index < -0.39 is 49.4 Å². The van der Waals surface area contributed by atoms with E-state index in [1.807, 2.05) is 0 Å². The van der Waals surface area contributed by atoms with Crippen LogP contribution < -0.4 is 0 Å². The monoisotopic (exact) mass is 843 g/mol. The second kappa shape index (κ2) is 40.8. The van der Waals surface area contributed by atoms with Crippen molar-refractivity contribution in [2.24, 2.45) is 0 Å². The van der Waals surface area contributed by atoms with Gasteiger partial charge < -0.3 is 39.4 Å². The van der Waals surface area contributed by atoms with E-state index in [0.29, 0.717) is 6.42 Å². The lowest BCUT2D eigenvalue weighted by Crippen LogP contribution is -2.59. The Morgan fingerprint density at radius 3 is 1.15 bits per heavy atom. The van der Waals surface area contributed by atoms with Gasteiger partial charge in [0.05, 0.1) is 13.2 Å². The lowest BCUT2D eigenvalue weighted by molar-refractivity contribution is -0.305. The molecule has 6 atom stereocenters. The van der Waals surface area contributed by atoms with Gasteiger partial charge in [-0.25, -0.2) is 0 Å². The maximum Gasteiger partial charge on any atom is 0.306 e. The first-order valence-corrected chi connectivity index (χ1v) is 25.1. The van der Waals surface area contributed by atoms with E-state index in [1.165, 1.54) is 180 Å². The Balaban J connectivity index is 2.20. The van der Waals surface area contributed by atoms with Gasteiger partial charge in [0.1, 0.15) is 31.0 Å². The van der Waals surface area contributed by atoms with Crippen molar-refractivity contribution in [3.05, 3.63) is 0 Å². The van der Waals surface area contributed by atoms with Gasteiger partial charge in [0, 0.05) is 12.8 Å².